The maximum atomic E-state index is 12.1. The molecule has 0 fully saturated rings. The van der Waals surface area contributed by atoms with Gasteiger partial charge in [-0.1, -0.05) is 11.6 Å². The lowest BCUT2D eigenvalue weighted by atomic mass is 10.3. The van der Waals surface area contributed by atoms with Gasteiger partial charge in [0.15, 0.2) is 0 Å². The molecule has 0 spiro atoms. The molecule has 0 bridgehead atoms. The molecule has 0 saturated carbocycles. The number of rotatable bonds is 8. The highest BCUT2D eigenvalue weighted by molar-refractivity contribution is 7.89. The number of methoxy groups -OCH3 is 1. The number of benzene rings is 1. The number of anilines is 1. The van der Waals surface area contributed by atoms with Gasteiger partial charge < -0.3 is 10.1 Å². The molecular formula is C12H16Cl2N2O4S. The van der Waals surface area contributed by atoms with E-state index in [0.717, 1.165) is 0 Å². The smallest absolute Gasteiger partial charge is 0.242 e. The minimum absolute atomic E-state index is 0.0677. The summed E-state index contributed by atoms with van der Waals surface area (Å²) in [7, 11) is -2.22. The average Bonchev–Trinajstić information content (AvgIpc) is 2.45. The molecule has 6 nitrogen and oxygen atoms in total. The number of amides is 1. The van der Waals surface area contributed by atoms with Gasteiger partial charge in [-0.15, -0.1) is 11.6 Å². The van der Waals surface area contributed by atoms with Crippen LogP contribution in [0.1, 0.15) is 6.42 Å². The largest absolute Gasteiger partial charge is 0.385 e. The lowest BCUT2D eigenvalue weighted by molar-refractivity contribution is -0.113. The van der Waals surface area contributed by atoms with Crippen molar-refractivity contribution in [1.29, 1.82) is 0 Å². The number of carbonyl (C=O) groups excluding carboxylic acids is 1. The Morgan fingerprint density at radius 3 is 2.71 bits per heavy atom. The summed E-state index contributed by atoms with van der Waals surface area (Å²) in [5, 5.41) is 2.53. The second kappa shape index (κ2) is 8.55. The average molecular weight is 355 g/mol. The van der Waals surface area contributed by atoms with Crippen molar-refractivity contribution in [1.82, 2.24) is 4.72 Å². The molecule has 1 aromatic rings. The van der Waals surface area contributed by atoms with Gasteiger partial charge in [-0.05, 0) is 24.6 Å². The topological polar surface area (TPSA) is 84.5 Å². The van der Waals surface area contributed by atoms with Crippen LogP contribution in [0.5, 0.6) is 0 Å². The third-order valence-corrected chi connectivity index (χ3v) is 4.63. The van der Waals surface area contributed by atoms with E-state index < -0.39 is 15.9 Å². The summed E-state index contributed by atoms with van der Waals surface area (Å²) in [4.78, 5) is 11.1. The molecule has 0 radical (unpaired) electrons. The molecule has 118 valence electrons. The molecule has 21 heavy (non-hydrogen) atoms. The maximum Gasteiger partial charge on any atom is 0.242 e. The second-order valence-electron chi connectivity index (χ2n) is 4.07. The molecule has 0 heterocycles. The Labute approximate surface area is 133 Å². The maximum absolute atomic E-state index is 12.1. The molecular weight excluding hydrogens is 339 g/mol. The van der Waals surface area contributed by atoms with Crippen LogP contribution in [0.4, 0.5) is 5.69 Å². The number of nitrogens with one attached hydrogen (secondary N) is 2. The van der Waals surface area contributed by atoms with Crippen molar-refractivity contribution < 1.29 is 17.9 Å². The van der Waals surface area contributed by atoms with Crippen molar-refractivity contribution in [2.75, 3.05) is 31.5 Å². The first-order chi connectivity index (χ1) is 9.90. The zero-order valence-corrected chi connectivity index (χ0v) is 13.7. The predicted molar refractivity (Wildman–Crippen MR) is 82.5 cm³/mol. The minimum Gasteiger partial charge on any atom is -0.385 e. The van der Waals surface area contributed by atoms with Gasteiger partial charge in [-0.3, -0.25) is 4.79 Å². The predicted octanol–water partition coefficient (Wildman–Crippen LogP) is 1.83. The number of hydrogen-bond acceptors (Lipinski definition) is 4. The van der Waals surface area contributed by atoms with Crippen LogP contribution in [0.3, 0.4) is 0 Å². The minimum atomic E-state index is -3.76. The zero-order chi connectivity index (χ0) is 15.9. The molecule has 0 aliphatic heterocycles. The molecule has 0 aromatic heterocycles. The molecule has 9 heteroatoms. The second-order valence-corrected chi connectivity index (χ2v) is 6.48. The van der Waals surface area contributed by atoms with Crippen LogP contribution in [-0.2, 0) is 19.6 Å². The summed E-state index contributed by atoms with van der Waals surface area (Å²) < 4.78 is 31.6. The third kappa shape index (κ3) is 5.80. The summed E-state index contributed by atoms with van der Waals surface area (Å²) in [6.07, 6.45) is 0.538. The van der Waals surface area contributed by atoms with Gasteiger partial charge in [-0.2, -0.15) is 0 Å². The Kier molecular flexibility index (Phi) is 7.41. The van der Waals surface area contributed by atoms with E-state index in [1.165, 1.54) is 25.3 Å². The molecule has 1 rings (SSSR count). The molecule has 1 amide bonds. The van der Waals surface area contributed by atoms with Crippen LogP contribution in [0, 0.1) is 0 Å². The van der Waals surface area contributed by atoms with Crippen LogP contribution in [0.25, 0.3) is 0 Å². The summed E-state index contributed by atoms with van der Waals surface area (Å²) in [6.45, 7) is 0.673. The monoisotopic (exact) mass is 354 g/mol. The molecule has 0 saturated heterocycles. The fourth-order valence-electron chi connectivity index (χ4n) is 1.48. The van der Waals surface area contributed by atoms with Gasteiger partial charge >= 0.3 is 0 Å². The SMILES string of the molecule is COCCCNS(=O)(=O)c1cc(NC(=O)CCl)ccc1Cl. The molecule has 0 aliphatic carbocycles. The van der Waals surface area contributed by atoms with Crippen molar-refractivity contribution in [2.45, 2.75) is 11.3 Å². The van der Waals surface area contributed by atoms with E-state index in [9.17, 15) is 13.2 Å². The number of carbonyl (C=O) groups is 1. The van der Waals surface area contributed by atoms with Gasteiger partial charge in [-0.25, -0.2) is 13.1 Å². The zero-order valence-electron chi connectivity index (χ0n) is 11.4. The van der Waals surface area contributed by atoms with Crippen molar-refractivity contribution >= 4 is 44.8 Å². The van der Waals surface area contributed by atoms with Crippen LogP contribution >= 0.6 is 23.2 Å². The molecule has 0 atom stereocenters. The van der Waals surface area contributed by atoms with Crippen molar-refractivity contribution in [3.8, 4) is 0 Å². The van der Waals surface area contributed by atoms with Gasteiger partial charge in [0, 0.05) is 25.9 Å². The van der Waals surface area contributed by atoms with E-state index in [1.54, 1.807) is 0 Å². The summed E-state index contributed by atoms with van der Waals surface area (Å²) in [5.41, 5.74) is 0.308. The van der Waals surface area contributed by atoms with E-state index in [4.69, 9.17) is 27.9 Å². The highest BCUT2D eigenvalue weighted by atomic mass is 35.5. The first-order valence-corrected chi connectivity index (χ1v) is 8.44. The van der Waals surface area contributed by atoms with E-state index in [1.807, 2.05) is 0 Å². The van der Waals surface area contributed by atoms with Gasteiger partial charge in [0.05, 0.1) is 5.02 Å². The summed E-state index contributed by atoms with van der Waals surface area (Å²) in [6, 6.07) is 4.18. The summed E-state index contributed by atoms with van der Waals surface area (Å²) >= 11 is 11.3. The van der Waals surface area contributed by atoms with Crippen LogP contribution in [-0.4, -0.2) is 40.5 Å². The third-order valence-electron chi connectivity index (χ3n) is 2.44. The summed E-state index contributed by atoms with van der Waals surface area (Å²) in [5.74, 6) is -0.657. The lowest BCUT2D eigenvalue weighted by Gasteiger charge is -2.10. The fourth-order valence-corrected chi connectivity index (χ4v) is 3.15. The Bertz CT molecular complexity index is 593. The highest BCUT2D eigenvalue weighted by Crippen LogP contribution is 2.25. The number of hydrogen-bond donors (Lipinski definition) is 2. The van der Waals surface area contributed by atoms with Crippen molar-refractivity contribution in [3.05, 3.63) is 23.2 Å². The van der Waals surface area contributed by atoms with Crippen LogP contribution < -0.4 is 10.0 Å². The molecule has 0 unspecified atom stereocenters. The van der Waals surface area contributed by atoms with E-state index in [-0.39, 0.29) is 22.3 Å². The van der Waals surface area contributed by atoms with Gasteiger partial charge in [0.2, 0.25) is 15.9 Å². The molecule has 0 aliphatic rings. The Morgan fingerprint density at radius 2 is 2.10 bits per heavy atom. The first kappa shape index (κ1) is 18.2. The number of ether oxygens (including phenoxy) is 1. The normalized spacial score (nSPS) is 11.4. The van der Waals surface area contributed by atoms with E-state index in [2.05, 4.69) is 10.0 Å². The fraction of sp³-hybridized carbons (Fsp3) is 0.417. The highest BCUT2D eigenvalue weighted by Gasteiger charge is 2.18. The van der Waals surface area contributed by atoms with Gasteiger partial charge in [0.1, 0.15) is 10.8 Å². The number of halogens is 2. The Hall–Kier alpha value is -0.860. The Balaban J connectivity index is 2.89. The van der Waals surface area contributed by atoms with E-state index in [0.29, 0.717) is 18.7 Å². The first-order valence-electron chi connectivity index (χ1n) is 6.04. The van der Waals surface area contributed by atoms with Gasteiger partial charge in [0.25, 0.3) is 0 Å². The lowest BCUT2D eigenvalue weighted by Crippen LogP contribution is -2.26. The molecule has 2 N–H and O–H groups in total. The molecule has 1 aromatic carbocycles. The van der Waals surface area contributed by atoms with Crippen LogP contribution in [0.15, 0.2) is 23.1 Å². The Morgan fingerprint density at radius 1 is 1.38 bits per heavy atom. The van der Waals surface area contributed by atoms with Crippen molar-refractivity contribution in [3.63, 3.8) is 0 Å². The van der Waals surface area contributed by atoms with Crippen LogP contribution in [0.2, 0.25) is 5.02 Å². The standard InChI is InChI=1S/C12H16Cl2N2O4S/c1-20-6-2-5-15-21(18,19)11-7-9(3-4-10(11)14)16-12(17)8-13/h3-4,7,15H,2,5-6,8H2,1H3,(H,16,17). The quantitative estimate of drug-likeness (QED) is 0.550. The number of sulfonamides is 1. The van der Waals surface area contributed by atoms with E-state index >= 15 is 0 Å². The van der Waals surface area contributed by atoms with Crippen molar-refractivity contribution in [2.24, 2.45) is 0 Å². The number of alkyl halides is 1.